The Bertz CT molecular complexity index is 1000. The van der Waals surface area contributed by atoms with Crippen LogP contribution in [-0.2, 0) is 0 Å². The maximum Gasteiger partial charge on any atom is 0.280 e. The van der Waals surface area contributed by atoms with Gasteiger partial charge in [0.25, 0.3) is 11.5 Å². The van der Waals surface area contributed by atoms with Gasteiger partial charge in [0.2, 0.25) is 0 Å². The minimum absolute atomic E-state index is 0.246. The first kappa shape index (κ1) is 17.2. The van der Waals surface area contributed by atoms with E-state index in [-0.39, 0.29) is 5.56 Å². The second-order valence-corrected chi connectivity index (χ2v) is 5.53. The molecule has 132 valence electrons. The molecule has 0 saturated carbocycles. The molecule has 3 rings (SSSR count). The Morgan fingerprint density at radius 3 is 2.58 bits per heavy atom. The van der Waals surface area contributed by atoms with E-state index in [1.165, 1.54) is 18.0 Å². The molecule has 3 aromatic rings. The van der Waals surface area contributed by atoms with Crippen molar-refractivity contribution >= 4 is 12.1 Å². The Hall–Kier alpha value is -3.61. The quantitative estimate of drug-likeness (QED) is 0.546. The Morgan fingerprint density at radius 1 is 1.15 bits per heavy atom. The number of hydrazone groups is 1. The number of amides is 1. The number of aromatic amines is 1. The summed E-state index contributed by atoms with van der Waals surface area (Å²) < 4.78 is 6.58. The minimum Gasteiger partial charge on any atom is -0.496 e. The lowest BCUT2D eigenvalue weighted by Gasteiger charge is -2.05. The molecule has 0 bridgehead atoms. The van der Waals surface area contributed by atoms with Crippen LogP contribution in [0, 0.1) is 6.92 Å². The molecular weight excluding hydrogens is 332 g/mol. The SMILES string of the molecule is COc1ccccc1C(=O)N/N=C/c1c(C)[nH]n(-c2ccccc2)c1=O. The van der Waals surface area contributed by atoms with Crippen LogP contribution in [0.2, 0.25) is 0 Å². The van der Waals surface area contributed by atoms with E-state index in [1.54, 1.807) is 31.2 Å². The van der Waals surface area contributed by atoms with Crippen molar-refractivity contribution in [2.75, 3.05) is 7.11 Å². The van der Waals surface area contributed by atoms with Crippen LogP contribution in [0.25, 0.3) is 5.69 Å². The smallest absolute Gasteiger partial charge is 0.280 e. The van der Waals surface area contributed by atoms with Crippen molar-refractivity contribution in [1.82, 2.24) is 15.2 Å². The number of methoxy groups -OCH3 is 1. The average molecular weight is 350 g/mol. The number of carbonyl (C=O) groups is 1. The molecule has 1 aromatic heterocycles. The van der Waals surface area contributed by atoms with Crippen molar-refractivity contribution in [1.29, 1.82) is 0 Å². The molecular formula is C19H18N4O3. The number of para-hydroxylation sites is 2. The monoisotopic (exact) mass is 350 g/mol. The Balaban J connectivity index is 1.80. The fraction of sp³-hybridized carbons (Fsp3) is 0.105. The number of benzene rings is 2. The third-order valence-corrected chi connectivity index (χ3v) is 3.84. The van der Waals surface area contributed by atoms with Crippen molar-refractivity contribution in [3.8, 4) is 11.4 Å². The van der Waals surface area contributed by atoms with Gasteiger partial charge in [0.15, 0.2) is 0 Å². The summed E-state index contributed by atoms with van der Waals surface area (Å²) in [5.74, 6) is 0.0275. The summed E-state index contributed by atoms with van der Waals surface area (Å²) in [4.78, 5) is 24.8. The predicted octanol–water partition coefficient (Wildman–Crippen LogP) is 2.25. The second-order valence-electron chi connectivity index (χ2n) is 5.53. The second kappa shape index (κ2) is 7.52. The fourth-order valence-corrected chi connectivity index (χ4v) is 2.52. The van der Waals surface area contributed by atoms with E-state index in [1.807, 2.05) is 30.3 Å². The molecule has 1 amide bonds. The molecule has 2 aromatic carbocycles. The van der Waals surface area contributed by atoms with Crippen LogP contribution in [0.1, 0.15) is 21.6 Å². The van der Waals surface area contributed by atoms with Crippen LogP contribution in [0.5, 0.6) is 5.75 Å². The zero-order valence-corrected chi connectivity index (χ0v) is 14.4. The first-order chi connectivity index (χ1) is 12.6. The molecule has 0 radical (unpaired) electrons. The Kier molecular flexibility index (Phi) is 4.98. The summed E-state index contributed by atoms with van der Waals surface area (Å²) in [5, 5.41) is 6.91. The van der Waals surface area contributed by atoms with E-state index in [0.717, 1.165) is 5.69 Å². The van der Waals surface area contributed by atoms with Crippen molar-refractivity contribution in [3.05, 3.63) is 81.8 Å². The largest absolute Gasteiger partial charge is 0.496 e. The van der Waals surface area contributed by atoms with Crippen LogP contribution in [0.4, 0.5) is 0 Å². The van der Waals surface area contributed by atoms with Gasteiger partial charge in [-0.3, -0.25) is 14.7 Å². The van der Waals surface area contributed by atoms with Crippen molar-refractivity contribution in [2.45, 2.75) is 6.92 Å². The van der Waals surface area contributed by atoms with Crippen LogP contribution in [0.3, 0.4) is 0 Å². The molecule has 7 heteroatoms. The lowest BCUT2D eigenvalue weighted by atomic mass is 10.2. The number of carbonyl (C=O) groups excluding carboxylic acids is 1. The molecule has 0 unspecified atom stereocenters. The van der Waals surface area contributed by atoms with Gasteiger partial charge >= 0.3 is 0 Å². The average Bonchev–Trinajstić information content (AvgIpc) is 2.96. The van der Waals surface area contributed by atoms with E-state index in [2.05, 4.69) is 15.6 Å². The summed E-state index contributed by atoms with van der Waals surface area (Å²) in [6, 6.07) is 16.0. The molecule has 1 heterocycles. The third-order valence-electron chi connectivity index (χ3n) is 3.84. The highest BCUT2D eigenvalue weighted by atomic mass is 16.5. The van der Waals surface area contributed by atoms with E-state index < -0.39 is 5.91 Å². The first-order valence-corrected chi connectivity index (χ1v) is 7.95. The fourth-order valence-electron chi connectivity index (χ4n) is 2.52. The van der Waals surface area contributed by atoms with Crippen LogP contribution in [0.15, 0.2) is 64.5 Å². The number of hydrogen-bond acceptors (Lipinski definition) is 4. The lowest BCUT2D eigenvalue weighted by Crippen LogP contribution is -2.20. The number of H-pyrrole nitrogens is 1. The number of hydrogen-bond donors (Lipinski definition) is 2. The molecule has 0 fully saturated rings. The van der Waals surface area contributed by atoms with Gasteiger partial charge < -0.3 is 4.74 Å². The number of nitrogens with zero attached hydrogens (tertiary/aromatic N) is 2. The maximum atomic E-state index is 12.5. The molecule has 7 nitrogen and oxygen atoms in total. The third kappa shape index (κ3) is 3.41. The van der Waals surface area contributed by atoms with Gasteiger partial charge in [-0.05, 0) is 31.2 Å². The Labute approximate surface area is 149 Å². The molecule has 0 spiro atoms. The van der Waals surface area contributed by atoms with Gasteiger partial charge in [-0.15, -0.1) is 0 Å². The summed E-state index contributed by atoms with van der Waals surface area (Å²) in [5.41, 5.74) is 4.27. The molecule has 0 aliphatic carbocycles. The molecule has 0 aliphatic rings. The predicted molar refractivity (Wildman–Crippen MR) is 99.2 cm³/mol. The minimum atomic E-state index is -0.421. The maximum absolute atomic E-state index is 12.5. The van der Waals surface area contributed by atoms with Crippen molar-refractivity contribution in [2.24, 2.45) is 5.10 Å². The number of rotatable bonds is 5. The van der Waals surface area contributed by atoms with Gasteiger partial charge in [0, 0.05) is 5.69 Å². The molecule has 26 heavy (non-hydrogen) atoms. The highest BCUT2D eigenvalue weighted by molar-refractivity contribution is 5.97. The zero-order valence-electron chi connectivity index (χ0n) is 14.4. The van der Waals surface area contributed by atoms with Gasteiger partial charge in [0.1, 0.15) is 5.75 Å². The van der Waals surface area contributed by atoms with Crippen LogP contribution in [-0.4, -0.2) is 29.0 Å². The van der Waals surface area contributed by atoms with Gasteiger partial charge in [-0.2, -0.15) is 5.10 Å². The normalized spacial score (nSPS) is 10.8. The van der Waals surface area contributed by atoms with E-state index >= 15 is 0 Å². The van der Waals surface area contributed by atoms with E-state index in [9.17, 15) is 9.59 Å². The zero-order chi connectivity index (χ0) is 18.5. The van der Waals surface area contributed by atoms with E-state index in [0.29, 0.717) is 22.6 Å². The van der Waals surface area contributed by atoms with E-state index in [4.69, 9.17) is 4.74 Å². The molecule has 0 saturated heterocycles. The van der Waals surface area contributed by atoms with Crippen LogP contribution < -0.4 is 15.7 Å². The topological polar surface area (TPSA) is 88.5 Å². The highest BCUT2D eigenvalue weighted by Gasteiger charge is 2.12. The standard InChI is InChI=1S/C19H18N4O3/c1-13-16(19(25)23(22-13)14-8-4-3-5-9-14)12-20-21-18(24)15-10-6-7-11-17(15)26-2/h3-12,22H,1-2H3,(H,21,24)/b20-12+. The summed E-state index contributed by atoms with van der Waals surface area (Å²) in [7, 11) is 1.49. The summed E-state index contributed by atoms with van der Waals surface area (Å²) >= 11 is 0. The lowest BCUT2D eigenvalue weighted by molar-refractivity contribution is 0.0952. The summed E-state index contributed by atoms with van der Waals surface area (Å²) in [6.07, 6.45) is 1.33. The number of aromatic nitrogens is 2. The highest BCUT2D eigenvalue weighted by Crippen LogP contribution is 2.16. The molecule has 0 aliphatic heterocycles. The van der Waals surface area contributed by atoms with Gasteiger partial charge in [-0.1, -0.05) is 30.3 Å². The van der Waals surface area contributed by atoms with Gasteiger partial charge in [-0.25, -0.2) is 10.1 Å². The van der Waals surface area contributed by atoms with Crippen LogP contribution >= 0.6 is 0 Å². The number of nitrogens with one attached hydrogen (secondary N) is 2. The van der Waals surface area contributed by atoms with Gasteiger partial charge in [0.05, 0.1) is 30.1 Å². The molecule has 2 N–H and O–H groups in total. The number of aryl methyl sites for hydroxylation is 1. The Morgan fingerprint density at radius 2 is 1.85 bits per heavy atom. The van der Waals surface area contributed by atoms with Crippen molar-refractivity contribution in [3.63, 3.8) is 0 Å². The summed E-state index contributed by atoms with van der Waals surface area (Å²) in [6.45, 7) is 1.77. The van der Waals surface area contributed by atoms with Crippen molar-refractivity contribution < 1.29 is 9.53 Å². The first-order valence-electron chi connectivity index (χ1n) is 7.95. The molecule has 0 atom stereocenters. The number of ether oxygens (including phenoxy) is 1.